The minimum Gasteiger partial charge on any atom is -0.375 e. The highest BCUT2D eigenvalue weighted by Gasteiger charge is 2.32. The van der Waals surface area contributed by atoms with Gasteiger partial charge in [0, 0.05) is 25.2 Å². The van der Waals surface area contributed by atoms with E-state index in [2.05, 4.69) is 52.0 Å². The van der Waals surface area contributed by atoms with Crippen molar-refractivity contribution in [2.24, 2.45) is 5.92 Å². The van der Waals surface area contributed by atoms with Crippen LogP contribution in [0.1, 0.15) is 47.0 Å². The summed E-state index contributed by atoms with van der Waals surface area (Å²) in [5, 5.41) is 3.85. The van der Waals surface area contributed by atoms with E-state index in [1.807, 2.05) is 0 Å². The van der Waals surface area contributed by atoms with Gasteiger partial charge in [0.05, 0.1) is 5.60 Å². The Kier molecular flexibility index (Phi) is 6.09. The Morgan fingerprint density at radius 1 is 1.39 bits per heavy atom. The van der Waals surface area contributed by atoms with Crippen LogP contribution in [-0.4, -0.2) is 49.8 Å². The van der Waals surface area contributed by atoms with E-state index in [0.29, 0.717) is 18.0 Å². The van der Waals surface area contributed by atoms with Crippen LogP contribution in [0.5, 0.6) is 0 Å². The van der Waals surface area contributed by atoms with Gasteiger partial charge in [-0.1, -0.05) is 20.8 Å². The molecule has 0 aromatic rings. The zero-order chi connectivity index (χ0) is 13.8. The molecule has 1 aliphatic heterocycles. The minimum atomic E-state index is 0.0789. The molecule has 3 heteroatoms. The highest BCUT2D eigenvalue weighted by atomic mass is 16.5. The van der Waals surface area contributed by atoms with Crippen molar-refractivity contribution in [2.45, 2.75) is 64.6 Å². The monoisotopic (exact) mass is 256 g/mol. The molecular formula is C15H32N2O. The Balaban J connectivity index is 2.53. The Hall–Kier alpha value is -0.120. The molecule has 1 aliphatic rings. The molecule has 1 heterocycles. The number of hydrogen-bond donors (Lipinski definition) is 1. The van der Waals surface area contributed by atoms with Crippen molar-refractivity contribution < 1.29 is 4.74 Å². The maximum atomic E-state index is 5.92. The van der Waals surface area contributed by atoms with E-state index in [1.54, 1.807) is 0 Å². The highest BCUT2D eigenvalue weighted by molar-refractivity contribution is 4.88. The molecule has 3 unspecified atom stereocenters. The van der Waals surface area contributed by atoms with E-state index in [9.17, 15) is 0 Å². The summed E-state index contributed by atoms with van der Waals surface area (Å²) in [5.41, 5.74) is 0.0789. The van der Waals surface area contributed by atoms with Gasteiger partial charge in [-0.15, -0.1) is 0 Å². The summed E-state index contributed by atoms with van der Waals surface area (Å²) in [7, 11) is 4.30. The smallest absolute Gasteiger partial charge is 0.0666 e. The highest BCUT2D eigenvalue weighted by Crippen LogP contribution is 2.28. The molecule has 108 valence electrons. The van der Waals surface area contributed by atoms with Crippen molar-refractivity contribution in [1.82, 2.24) is 10.2 Å². The van der Waals surface area contributed by atoms with Crippen LogP contribution in [0.4, 0.5) is 0 Å². The Morgan fingerprint density at radius 2 is 2.06 bits per heavy atom. The summed E-state index contributed by atoms with van der Waals surface area (Å²) in [6.07, 6.45) is 3.39. The first-order valence-electron chi connectivity index (χ1n) is 7.41. The van der Waals surface area contributed by atoms with E-state index in [-0.39, 0.29) is 5.60 Å². The van der Waals surface area contributed by atoms with Gasteiger partial charge >= 0.3 is 0 Å². The van der Waals surface area contributed by atoms with E-state index >= 15 is 0 Å². The standard InChI is InChI=1S/C15H32N2O/c1-7-15(4)10-13(8-9-18-15)16-14(12(2)3)11-17(5)6/h12-14,16H,7-11H2,1-6H3. The van der Waals surface area contributed by atoms with E-state index in [0.717, 1.165) is 32.4 Å². The fourth-order valence-corrected chi connectivity index (χ4v) is 2.67. The lowest BCUT2D eigenvalue weighted by Crippen LogP contribution is -2.52. The second-order valence-corrected chi connectivity index (χ2v) is 6.62. The molecular weight excluding hydrogens is 224 g/mol. The molecule has 1 saturated heterocycles. The third kappa shape index (κ3) is 4.87. The Bertz CT molecular complexity index is 243. The van der Waals surface area contributed by atoms with Crippen LogP contribution in [0, 0.1) is 5.92 Å². The van der Waals surface area contributed by atoms with Crippen LogP contribution < -0.4 is 5.32 Å². The SMILES string of the molecule is CCC1(C)CC(NC(CN(C)C)C(C)C)CCO1. The molecule has 1 fully saturated rings. The van der Waals surface area contributed by atoms with E-state index < -0.39 is 0 Å². The van der Waals surface area contributed by atoms with Crippen LogP contribution in [0.15, 0.2) is 0 Å². The minimum absolute atomic E-state index is 0.0789. The van der Waals surface area contributed by atoms with Gasteiger partial charge < -0.3 is 15.0 Å². The lowest BCUT2D eigenvalue weighted by atomic mass is 9.89. The number of likely N-dealkylation sites (N-methyl/N-ethyl adjacent to an activating group) is 1. The van der Waals surface area contributed by atoms with Gasteiger partial charge in [-0.25, -0.2) is 0 Å². The second kappa shape index (κ2) is 6.88. The molecule has 18 heavy (non-hydrogen) atoms. The zero-order valence-corrected chi connectivity index (χ0v) is 13.1. The first-order valence-corrected chi connectivity index (χ1v) is 7.41. The lowest BCUT2D eigenvalue weighted by Gasteiger charge is -2.40. The van der Waals surface area contributed by atoms with Gasteiger partial charge in [-0.2, -0.15) is 0 Å². The molecule has 0 amide bonds. The molecule has 0 aromatic heterocycles. The van der Waals surface area contributed by atoms with Crippen molar-refractivity contribution in [3.8, 4) is 0 Å². The van der Waals surface area contributed by atoms with Gasteiger partial charge in [0.2, 0.25) is 0 Å². The average Bonchev–Trinajstić information content (AvgIpc) is 2.27. The molecule has 3 nitrogen and oxygen atoms in total. The molecule has 1 rings (SSSR count). The summed E-state index contributed by atoms with van der Waals surface area (Å²) < 4.78 is 5.92. The third-order valence-corrected chi connectivity index (χ3v) is 4.16. The van der Waals surface area contributed by atoms with Crippen molar-refractivity contribution in [1.29, 1.82) is 0 Å². The summed E-state index contributed by atoms with van der Waals surface area (Å²) in [6.45, 7) is 11.1. The van der Waals surface area contributed by atoms with Gasteiger partial charge in [-0.05, 0) is 46.2 Å². The fraction of sp³-hybridized carbons (Fsp3) is 1.00. The lowest BCUT2D eigenvalue weighted by molar-refractivity contribution is -0.0799. The van der Waals surface area contributed by atoms with Crippen molar-refractivity contribution >= 4 is 0 Å². The topological polar surface area (TPSA) is 24.5 Å². The molecule has 0 saturated carbocycles. The maximum absolute atomic E-state index is 5.92. The molecule has 3 atom stereocenters. The quantitative estimate of drug-likeness (QED) is 0.790. The number of hydrogen-bond acceptors (Lipinski definition) is 3. The van der Waals surface area contributed by atoms with Crippen LogP contribution >= 0.6 is 0 Å². The zero-order valence-electron chi connectivity index (χ0n) is 13.1. The third-order valence-electron chi connectivity index (χ3n) is 4.16. The fourth-order valence-electron chi connectivity index (χ4n) is 2.67. The first kappa shape index (κ1) is 15.9. The second-order valence-electron chi connectivity index (χ2n) is 6.62. The predicted octanol–water partition coefficient (Wildman–Crippen LogP) is 2.51. The van der Waals surface area contributed by atoms with Crippen molar-refractivity contribution in [3.05, 3.63) is 0 Å². The first-order chi connectivity index (χ1) is 8.36. The molecule has 0 bridgehead atoms. The van der Waals surface area contributed by atoms with Crippen LogP contribution in [0.3, 0.4) is 0 Å². The average molecular weight is 256 g/mol. The predicted molar refractivity (Wildman–Crippen MR) is 78.0 cm³/mol. The molecule has 0 aromatic carbocycles. The largest absolute Gasteiger partial charge is 0.375 e. The molecule has 1 N–H and O–H groups in total. The summed E-state index contributed by atoms with van der Waals surface area (Å²) in [6, 6.07) is 1.18. The van der Waals surface area contributed by atoms with Gasteiger partial charge in [0.1, 0.15) is 0 Å². The van der Waals surface area contributed by atoms with Gasteiger partial charge in [0.15, 0.2) is 0 Å². The van der Waals surface area contributed by atoms with Gasteiger partial charge in [-0.3, -0.25) is 0 Å². The summed E-state index contributed by atoms with van der Waals surface area (Å²) >= 11 is 0. The van der Waals surface area contributed by atoms with Crippen molar-refractivity contribution in [2.75, 3.05) is 27.2 Å². The normalized spacial score (nSPS) is 31.0. The Morgan fingerprint density at radius 3 is 2.56 bits per heavy atom. The number of ether oxygens (including phenoxy) is 1. The van der Waals surface area contributed by atoms with E-state index in [4.69, 9.17) is 4.74 Å². The molecule has 0 spiro atoms. The van der Waals surface area contributed by atoms with Gasteiger partial charge in [0.25, 0.3) is 0 Å². The van der Waals surface area contributed by atoms with Crippen LogP contribution in [0.25, 0.3) is 0 Å². The number of nitrogens with one attached hydrogen (secondary N) is 1. The Labute approximate surface area is 113 Å². The number of nitrogens with zero attached hydrogens (tertiary/aromatic N) is 1. The number of rotatable bonds is 6. The molecule has 0 aliphatic carbocycles. The molecule has 0 radical (unpaired) electrons. The van der Waals surface area contributed by atoms with Crippen LogP contribution in [-0.2, 0) is 4.74 Å². The van der Waals surface area contributed by atoms with Crippen molar-refractivity contribution in [3.63, 3.8) is 0 Å². The summed E-state index contributed by atoms with van der Waals surface area (Å²) in [5.74, 6) is 0.670. The maximum Gasteiger partial charge on any atom is 0.0666 e. The summed E-state index contributed by atoms with van der Waals surface area (Å²) in [4.78, 5) is 2.27. The van der Waals surface area contributed by atoms with Crippen LogP contribution in [0.2, 0.25) is 0 Å². The van der Waals surface area contributed by atoms with E-state index in [1.165, 1.54) is 0 Å².